The Labute approximate surface area is 106 Å². The van der Waals surface area contributed by atoms with Gasteiger partial charge in [0.25, 0.3) is 0 Å². The molecule has 0 unspecified atom stereocenters. The molecule has 1 aromatic carbocycles. The van der Waals surface area contributed by atoms with Crippen molar-refractivity contribution in [2.75, 3.05) is 5.32 Å². The lowest BCUT2D eigenvalue weighted by molar-refractivity contribution is 0.0698. The average molecular weight is 336 g/mol. The van der Waals surface area contributed by atoms with E-state index in [0.29, 0.717) is 5.69 Å². The Kier molecular flexibility index (Phi) is 3.86. The van der Waals surface area contributed by atoms with Crippen LogP contribution in [-0.2, 0) is 0 Å². The van der Waals surface area contributed by atoms with Crippen molar-refractivity contribution in [3.05, 3.63) is 26.8 Å². The highest BCUT2D eigenvalue weighted by Crippen LogP contribution is 2.23. The van der Waals surface area contributed by atoms with Crippen LogP contribution >= 0.6 is 34.8 Å². The molecule has 1 rings (SSSR count). The molecular weight excluding hydrogens is 327 g/mol. The van der Waals surface area contributed by atoms with Crippen LogP contribution in [0, 0.1) is 10.5 Å². The number of hydrogen-bond donors (Lipinski definition) is 3. The van der Waals surface area contributed by atoms with Gasteiger partial charge in [0.05, 0.1) is 11.3 Å². The number of carbonyl (C=O) groups is 1. The number of benzene rings is 1. The van der Waals surface area contributed by atoms with Crippen LogP contribution in [0.4, 0.5) is 5.69 Å². The first-order chi connectivity index (χ1) is 6.91. The van der Waals surface area contributed by atoms with E-state index in [-0.39, 0.29) is 10.7 Å². The van der Waals surface area contributed by atoms with E-state index in [1.54, 1.807) is 13.0 Å². The number of hydrogen-bond acceptors (Lipinski definition) is 2. The molecule has 0 aromatic heterocycles. The summed E-state index contributed by atoms with van der Waals surface area (Å²) in [5.74, 6) is -1.00. The Morgan fingerprint density at radius 3 is 2.67 bits per heavy atom. The van der Waals surface area contributed by atoms with Gasteiger partial charge in [-0.25, -0.2) is 4.79 Å². The maximum absolute atomic E-state index is 11.0. The zero-order valence-corrected chi connectivity index (χ0v) is 10.8. The third kappa shape index (κ3) is 3.03. The van der Waals surface area contributed by atoms with Crippen molar-refractivity contribution in [2.45, 2.75) is 6.92 Å². The van der Waals surface area contributed by atoms with Crippen molar-refractivity contribution in [3.63, 3.8) is 0 Å². The first-order valence-corrected chi connectivity index (χ1v) is 5.50. The van der Waals surface area contributed by atoms with Crippen molar-refractivity contribution in [1.29, 1.82) is 0 Å². The van der Waals surface area contributed by atoms with Gasteiger partial charge in [0, 0.05) is 3.57 Å². The van der Waals surface area contributed by atoms with Gasteiger partial charge in [-0.1, -0.05) is 0 Å². The summed E-state index contributed by atoms with van der Waals surface area (Å²) in [6, 6.07) is 3.42. The topological polar surface area (TPSA) is 75.3 Å². The van der Waals surface area contributed by atoms with Gasteiger partial charge in [0.1, 0.15) is 0 Å². The Bertz CT molecular complexity index is 434. The molecule has 4 nitrogen and oxygen atoms in total. The number of aryl methyl sites for hydroxylation is 1. The quantitative estimate of drug-likeness (QED) is 0.569. The summed E-state index contributed by atoms with van der Waals surface area (Å²) in [5.41, 5.74) is 6.75. The van der Waals surface area contributed by atoms with Gasteiger partial charge in [-0.15, -0.1) is 0 Å². The summed E-state index contributed by atoms with van der Waals surface area (Å²) in [6.07, 6.45) is 0. The number of carboxylic acid groups (broad SMARTS) is 1. The van der Waals surface area contributed by atoms with Crippen LogP contribution in [0.2, 0.25) is 0 Å². The fourth-order valence-electron chi connectivity index (χ4n) is 1.20. The molecule has 6 heteroatoms. The Morgan fingerprint density at radius 2 is 2.20 bits per heavy atom. The summed E-state index contributed by atoms with van der Waals surface area (Å²) in [5, 5.41) is 11.7. The molecule has 1 aromatic rings. The maximum atomic E-state index is 11.0. The zero-order valence-electron chi connectivity index (χ0n) is 7.87. The summed E-state index contributed by atoms with van der Waals surface area (Å²) >= 11 is 6.75. The molecule has 0 fully saturated rings. The lowest BCUT2D eigenvalue weighted by atomic mass is 10.1. The van der Waals surface area contributed by atoms with E-state index in [9.17, 15) is 4.79 Å². The lowest BCUT2D eigenvalue weighted by Gasteiger charge is -2.11. The van der Waals surface area contributed by atoms with Crippen LogP contribution < -0.4 is 11.1 Å². The molecule has 0 aliphatic rings. The Morgan fingerprint density at radius 1 is 1.60 bits per heavy atom. The number of carboxylic acids is 1. The molecule has 0 radical (unpaired) electrons. The minimum absolute atomic E-state index is 0.0572. The largest absolute Gasteiger partial charge is 0.478 e. The van der Waals surface area contributed by atoms with E-state index in [4.69, 9.17) is 10.8 Å². The number of rotatable bonds is 2. The van der Waals surface area contributed by atoms with Crippen molar-refractivity contribution in [2.24, 2.45) is 5.73 Å². The molecule has 4 N–H and O–H groups in total. The van der Waals surface area contributed by atoms with Crippen molar-refractivity contribution < 1.29 is 9.90 Å². The van der Waals surface area contributed by atoms with E-state index >= 15 is 0 Å². The van der Waals surface area contributed by atoms with Gasteiger partial charge < -0.3 is 16.2 Å². The van der Waals surface area contributed by atoms with Crippen LogP contribution in [0.15, 0.2) is 12.1 Å². The summed E-state index contributed by atoms with van der Waals surface area (Å²) in [7, 11) is 0. The standard InChI is InChI=1S/C9H9IN2O2S/c1-4-2-5(10)3-6(8(13)14)7(4)12-9(11)15/h2-3H,1H3,(H,13,14)(H3,11,12,15). The molecule has 0 amide bonds. The van der Waals surface area contributed by atoms with Gasteiger partial charge in [0.15, 0.2) is 5.11 Å². The molecule has 0 atom stereocenters. The van der Waals surface area contributed by atoms with E-state index in [2.05, 4.69) is 40.1 Å². The smallest absolute Gasteiger partial charge is 0.337 e. The third-order valence-electron chi connectivity index (χ3n) is 1.78. The third-order valence-corrected chi connectivity index (χ3v) is 2.50. The highest BCUT2D eigenvalue weighted by Gasteiger charge is 2.13. The number of aromatic carboxylic acids is 1. The molecule has 80 valence electrons. The number of nitrogens with two attached hydrogens (primary N) is 1. The van der Waals surface area contributed by atoms with E-state index in [1.165, 1.54) is 0 Å². The molecule has 0 aliphatic carbocycles. The second kappa shape index (κ2) is 4.75. The van der Waals surface area contributed by atoms with Gasteiger partial charge in [0.2, 0.25) is 0 Å². The molecular formula is C9H9IN2O2S. The van der Waals surface area contributed by atoms with Crippen LogP contribution in [0.1, 0.15) is 15.9 Å². The maximum Gasteiger partial charge on any atom is 0.337 e. The zero-order chi connectivity index (χ0) is 11.6. The Balaban J connectivity index is 3.33. The summed E-state index contributed by atoms with van der Waals surface area (Å²) < 4.78 is 0.857. The fraction of sp³-hybridized carbons (Fsp3) is 0.111. The number of anilines is 1. The molecule has 0 bridgehead atoms. The van der Waals surface area contributed by atoms with Gasteiger partial charge in [-0.05, 0) is 59.4 Å². The second-order valence-electron chi connectivity index (χ2n) is 2.94. The first kappa shape index (κ1) is 12.2. The molecule has 0 heterocycles. The molecule has 0 saturated carbocycles. The van der Waals surface area contributed by atoms with Gasteiger partial charge in [-0.2, -0.15) is 0 Å². The van der Waals surface area contributed by atoms with Crippen molar-refractivity contribution in [3.8, 4) is 0 Å². The van der Waals surface area contributed by atoms with Crippen LogP contribution in [0.5, 0.6) is 0 Å². The van der Waals surface area contributed by atoms with Crippen LogP contribution in [0.3, 0.4) is 0 Å². The number of nitrogens with one attached hydrogen (secondary N) is 1. The monoisotopic (exact) mass is 336 g/mol. The van der Waals surface area contributed by atoms with Crippen molar-refractivity contribution in [1.82, 2.24) is 0 Å². The van der Waals surface area contributed by atoms with Crippen LogP contribution in [0.25, 0.3) is 0 Å². The van der Waals surface area contributed by atoms with Crippen LogP contribution in [-0.4, -0.2) is 16.2 Å². The van der Waals surface area contributed by atoms with E-state index in [0.717, 1.165) is 9.13 Å². The molecule has 0 spiro atoms. The Hall–Kier alpha value is -0.890. The first-order valence-electron chi connectivity index (χ1n) is 4.01. The molecule has 15 heavy (non-hydrogen) atoms. The summed E-state index contributed by atoms with van der Waals surface area (Å²) in [6.45, 7) is 1.80. The highest BCUT2D eigenvalue weighted by molar-refractivity contribution is 14.1. The lowest BCUT2D eigenvalue weighted by Crippen LogP contribution is -2.21. The van der Waals surface area contributed by atoms with E-state index < -0.39 is 5.97 Å². The molecule has 0 aliphatic heterocycles. The SMILES string of the molecule is Cc1cc(I)cc(C(=O)O)c1NC(N)=S. The number of halogens is 1. The highest BCUT2D eigenvalue weighted by atomic mass is 127. The predicted octanol–water partition coefficient (Wildman–Crippen LogP) is 1.95. The second-order valence-corrected chi connectivity index (χ2v) is 4.63. The average Bonchev–Trinajstić information content (AvgIpc) is 2.08. The van der Waals surface area contributed by atoms with Gasteiger partial charge >= 0.3 is 5.97 Å². The van der Waals surface area contributed by atoms with E-state index in [1.807, 2.05) is 6.07 Å². The fourth-order valence-corrected chi connectivity index (χ4v) is 2.08. The van der Waals surface area contributed by atoms with Crippen molar-refractivity contribution >= 4 is 51.6 Å². The van der Waals surface area contributed by atoms with Gasteiger partial charge in [-0.3, -0.25) is 0 Å². The minimum atomic E-state index is -1.00. The predicted molar refractivity (Wildman–Crippen MR) is 71.3 cm³/mol. The number of thiocarbonyl (C=S) groups is 1. The summed E-state index contributed by atoms with van der Waals surface area (Å²) in [4.78, 5) is 11.0. The molecule has 0 saturated heterocycles. The normalized spacial score (nSPS) is 9.73. The minimum Gasteiger partial charge on any atom is -0.478 e.